The van der Waals surface area contributed by atoms with Gasteiger partial charge in [-0.15, -0.1) is 0 Å². The number of nitrogens with one attached hydrogen (secondary N) is 1. The predicted octanol–water partition coefficient (Wildman–Crippen LogP) is 3.52. The molecule has 1 atom stereocenters. The third-order valence-electron chi connectivity index (χ3n) is 7.27. The van der Waals surface area contributed by atoms with Crippen molar-refractivity contribution in [3.8, 4) is 0 Å². The number of aliphatic carboxylic acids is 4. The second-order valence-corrected chi connectivity index (χ2v) is 9.62. The number of carboxylic acid groups (broad SMARTS) is 4. The second-order valence-electron chi connectivity index (χ2n) is 9.62. The molecule has 1 saturated carbocycles. The molecule has 1 unspecified atom stereocenters. The summed E-state index contributed by atoms with van der Waals surface area (Å²) in [7, 11) is 0. The van der Waals surface area contributed by atoms with Gasteiger partial charge in [-0.1, -0.05) is 57.8 Å². The van der Waals surface area contributed by atoms with Crippen LogP contribution in [0.5, 0.6) is 0 Å². The molecule has 0 radical (unpaired) electrons. The zero-order valence-corrected chi connectivity index (χ0v) is 20.0. The zero-order valence-electron chi connectivity index (χ0n) is 20.0. The zero-order chi connectivity index (χ0) is 25.8. The second kappa shape index (κ2) is 13.9. The highest BCUT2D eigenvalue weighted by Crippen LogP contribution is 2.55. The molecule has 1 aliphatic rings. The molecule has 0 spiro atoms. The van der Waals surface area contributed by atoms with Crippen molar-refractivity contribution < 1.29 is 44.4 Å². The molecule has 0 heterocycles. The average molecular weight is 486 g/mol. The van der Waals surface area contributed by atoms with Crippen LogP contribution in [0.4, 0.5) is 0 Å². The first-order valence-electron chi connectivity index (χ1n) is 12.1. The molecule has 10 heteroatoms. The Morgan fingerprint density at radius 2 is 1.06 bits per heavy atom. The minimum atomic E-state index is -2.42. The van der Waals surface area contributed by atoms with E-state index in [2.05, 4.69) is 5.32 Å². The molecule has 1 fully saturated rings. The normalized spacial score (nSPS) is 18.5. The lowest BCUT2D eigenvalue weighted by molar-refractivity contribution is -0.181. The maximum atomic E-state index is 12.8. The van der Waals surface area contributed by atoms with Crippen molar-refractivity contribution in [1.29, 1.82) is 0 Å². The van der Waals surface area contributed by atoms with Crippen molar-refractivity contribution in [2.75, 3.05) is 6.54 Å². The Balaban J connectivity index is 3.75. The summed E-state index contributed by atoms with van der Waals surface area (Å²) in [6.07, 6.45) is 6.34. The van der Waals surface area contributed by atoms with Gasteiger partial charge < -0.3 is 25.7 Å². The molecule has 5 N–H and O–H groups in total. The maximum Gasteiger partial charge on any atom is 0.311 e. The summed E-state index contributed by atoms with van der Waals surface area (Å²) in [6, 6.07) is 0. The predicted molar refractivity (Wildman–Crippen MR) is 122 cm³/mol. The van der Waals surface area contributed by atoms with E-state index in [1.807, 2.05) is 0 Å². The van der Waals surface area contributed by atoms with Gasteiger partial charge in [0.05, 0.1) is 24.7 Å². The number of carboxylic acids is 4. The van der Waals surface area contributed by atoms with Crippen LogP contribution in [0.1, 0.15) is 96.8 Å². The standard InChI is InChI=1S/C24H39NO9/c1-17(26)25-16-24(15-21(31)32,23(22(33)34,13-19(27)28)14-20(29)30)18-11-9-7-5-3-2-4-6-8-10-12-18/h18H,2-16H2,1H3,(H,25,26)(H,27,28)(H,29,30)(H,31,32)(H,33,34). The molecule has 1 aliphatic carbocycles. The van der Waals surface area contributed by atoms with Gasteiger partial charge in [0.1, 0.15) is 0 Å². The topological polar surface area (TPSA) is 178 Å². The van der Waals surface area contributed by atoms with Crippen LogP contribution < -0.4 is 5.32 Å². The van der Waals surface area contributed by atoms with Gasteiger partial charge in [0.2, 0.25) is 5.91 Å². The molecule has 194 valence electrons. The Morgan fingerprint density at radius 3 is 1.38 bits per heavy atom. The number of carbonyl (C=O) groups is 5. The van der Waals surface area contributed by atoms with E-state index in [4.69, 9.17) is 0 Å². The van der Waals surface area contributed by atoms with Crippen LogP contribution in [0.3, 0.4) is 0 Å². The minimum Gasteiger partial charge on any atom is -0.481 e. The summed E-state index contributed by atoms with van der Waals surface area (Å²) in [5.74, 6) is -7.23. The number of amides is 1. The van der Waals surface area contributed by atoms with Crippen molar-refractivity contribution in [2.45, 2.75) is 96.8 Å². The van der Waals surface area contributed by atoms with Crippen molar-refractivity contribution >= 4 is 29.8 Å². The molecule has 0 saturated heterocycles. The van der Waals surface area contributed by atoms with E-state index in [1.165, 1.54) is 6.92 Å². The van der Waals surface area contributed by atoms with Crippen molar-refractivity contribution in [3.63, 3.8) is 0 Å². The number of carbonyl (C=O) groups excluding carboxylic acids is 1. The van der Waals surface area contributed by atoms with E-state index < -0.39 is 72.3 Å². The van der Waals surface area contributed by atoms with Crippen molar-refractivity contribution in [3.05, 3.63) is 0 Å². The van der Waals surface area contributed by atoms with Gasteiger partial charge in [0.25, 0.3) is 0 Å². The molecule has 34 heavy (non-hydrogen) atoms. The maximum absolute atomic E-state index is 12.8. The lowest BCUT2D eigenvalue weighted by atomic mass is 9.51. The van der Waals surface area contributed by atoms with Crippen LogP contribution in [0.2, 0.25) is 0 Å². The lowest BCUT2D eigenvalue weighted by Gasteiger charge is -2.51. The van der Waals surface area contributed by atoms with Crippen molar-refractivity contribution in [2.24, 2.45) is 16.7 Å². The first kappa shape index (κ1) is 29.4. The summed E-state index contributed by atoms with van der Waals surface area (Å²) >= 11 is 0. The smallest absolute Gasteiger partial charge is 0.311 e. The first-order valence-corrected chi connectivity index (χ1v) is 12.1. The van der Waals surface area contributed by atoms with Gasteiger partial charge in [0, 0.05) is 18.9 Å². The van der Waals surface area contributed by atoms with Crippen molar-refractivity contribution in [1.82, 2.24) is 5.32 Å². The van der Waals surface area contributed by atoms with Gasteiger partial charge in [-0.05, 0) is 18.8 Å². The summed E-state index contributed by atoms with van der Waals surface area (Å²) < 4.78 is 0. The molecule has 0 aliphatic heterocycles. The molecule has 0 aromatic carbocycles. The fourth-order valence-corrected chi connectivity index (χ4v) is 5.64. The van der Waals surface area contributed by atoms with Gasteiger partial charge in [0.15, 0.2) is 0 Å². The molecule has 10 nitrogen and oxygen atoms in total. The Hall–Kier alpha value is -2.65. The number of hydrogen-bond acceptors (Lipinski definition) is 5. The van der Waals surface area contributed by atoms with Gasteiger partial charge in [-0.2, -0.15) is 0 Å². The summed E-state index contributed by atoms with van der Waals surface area (Å²) in [6.45, 7) is 0.773. The van der Waals surface area contributed by atoms with E-state index in [0.717, 1.165) is 44.9 Å². The monoisotopic (exact) mass is 485 g/mol. The molecular weight excluding hydrogens is 446 g/mol. The van der Waals surface area contributed by atoms with E-state index in [-0.39, 0.29) is 0 Å². The SMILES string of the molecule is CC(=O)NCC(CC(=O)O)(C1CCCCCCCCCCC1)C(CC(=O)O)(CC(=O)O)C(=O)O. The lowest BCUT2D eigenvalue weighted by Crippen LogP contribution is -2.59. The number of hydrogen-bond donors (Lipinski definition) is 5. The summed E-state index contributed by atoms with van der Waals surface area (Å²) in [5, 5.41) is 42.0. The van der Waals surface area contributed by atoms with Crippen LogP contribution in [0.15, 0.2) is 0 Å². The largest absolute Gasteiger partial charge is 0.481 e. The fraction of sp³-hybridized carbons (Fsp3) is 0.792. The third kappa shape index (κ3) is 8.29. The van der Waals surface area contributed by atoms with Gasteiger partial charge >= 0.3 is 23.9 Å². The van der Waals surface area contributed by atoms with Crippen LogP contribution in [-0.4, -0.2) is 56.8 Å². The Morgan fingerprint density at radius 1 is 0.676 bits per heavy atom. The Bertz CT molecular complexity index is 708. The quantitative estimate of drug-likeness (QED) is 0.293. The Labute approximate surface area is 200 Å². The van der Waals surface area contributed by atoms with E-state index in [0.29, 0.717) is 25.7 Å². The molecule has 0 aromatic rings. The van der Waals surface area contributed by atoms with Crippen LogP contribution in [-0.2, 0) is 24.0 Å². The van der Waals surface area contributed by atoms with Crippen LogP contribution in [0, 0.1) is 16.7 Å². The molecule has 0 aromatic heterocycles. The fourth-order valence-electron chi connectivity index (χ4n) is 5.64. The summed E-state index contributed by atoms with van der Waals surface area (Å²) in [5.41, 5.74) is -4.23. The first-order chi connectivity index (χ1) is 16.0. The molecular formula is C24H39NO9. The van der Waals surface area contributed by atoms with Crippen LogP contribution in [0.25, 0.3) is 0 Å². The van der Waals surface area contributed by atoms with Crippen LogP contribution >= 0.6 is 0 Å². The third-order valence-corrected chi connectivity index (χ3v) is 7.27. The van der Waals surface area contributed by atoms with Gasteiger partial charge in [-0.25, -0.2) is 0 Å². The minimum absolute atomic E-state index is 0.424. The highest BCUT2D eigenvalue weighted by atomic mass is 16.4. The molecule has 1 rings (SSSR count). The van der Waals surface area contributed by atoms with E-state index in [1.54, 1.807) is 0 Å². The molecule has 1 amide bonds. The van der Waals surface area contributed by atoms with E-state index >= 15 is 0 Å². The van der Waals surface area contributed by atoms with E-state index in [9.17, 15) is 44.4 Å². The Kier molecular flexibility index (Phi) is 12.0. The number of rotatable bonds is 11. The summed E-state index contributed by atoms with van der Waals surface area (Å²) in [4.78, 5) is 60.5. The molecule has 0 bridgehead atoms. The highest BCUT2D eigenvalue weighted by molar-refractivity contribution is 5.88. The highest BCUT2D eigenvalue weighted by Gasteiger charge is 2.62. The average Bonchev–Trinajstić information content (AvgIpc) is 2.70. The van der Waals surface area contributed by atoms with Gasteiger partial charge in [-0.3, -0.25) is 24.0 Å².